The summed E-state index contributed by atoms with van der Waals surface area (Å²) in [5.41, 5.74) is -1.17. The van der Waals surface area contributed by atoms with E-state index in [0.29, 0.717) is 12.8 Å². The lowest BCUT2D eigenvalue weighted by Crippen LogP contribution is -2.38. The molecule has 0 saturated heterocycles. The fourth-order valence-electron chi connectivity index (χ4n) is 3.01. The fraction of sp³-hybridized carbons (Fsp3) is 0.400. The Kier molecular flexibility index (Phi) is 6.23. The van der Waals surface area contributed by atoms with Gasteiger partial charge in [-0.1, -0.05) is 19.9 Å². The summed E-state index contributed by atoms with van der Waals surface area (Å²) in [5, 5.41) is 21.8. The Labute approximate surface area is 162 Å². The van der Waals surface area contributed by atoms with E-state index >= 15 is 0 Å². The number of nitrogens with one attached hydrogen (secondary N) is 1. The number of ether oxygens (including phenoxy) is 1. The van der Waals surface area contributed by atoms with Crippen molar-refractivity contribution in [1.29, 1.82) is 0 Å². The van der Waals surface area contributed by atoms with Gasteiger partial charge in [0.2, 0.25) is 0 Å². The van der Waals surface area contributed by atoms with Gasteiger partial charge in [-0.25, -0.2) is 14.4 Å². The number of carboxylic acid groups (broad SMARTS) is 2. The Morgan fingerprint density at radius 1 is 1.14 bits per heavy atom. The minimum atomic E-state index is -1.45. The number of nitrogens with zero attached hydrogens (tertiary/aromatic N) is 1. The monoisotopic (exact) mass is 388 g/mol. The second-order valence-electron chi connectivity index (χ2n) is 6.80. The normalized spacial score (nSPS) is 17.2. The van der Waals surface area contributed by atoms with E-state index in [-0.39, 0.29) is 17.0 Å². The summed E-state index contributed by atoms with van der Waals surface area (Å²) in [7, 11) is 0. The van der Waals surface area contributed by atoms with Crippen molar-refractivity contribution in [2.45, 2.75) is 52.1 Å². The van der Waals surface area contributed by atoms with Crippen LogP contribution >= 0.6 is 0 Å². The summed E-state index contributed by atoms with van der Waals surface area (Å²) >= 11 is 0. The number of rotatable bonds is 7. The van der Waals surface area contributed by atoms with Crippen molar-refractivity contribution >= 4 is 17.9 Å². The Hall–Kier alpha value is -3.16. The van der Waals surface area contributed by atoms with E-state index in [1.165, 1.54) is 13.1 Å². The average molecular weight is 388 g/mol. The molecule has 1 aromatic rings. The molecule has 0 amide bonds. The van der Waals surface area contributed by atoms with Crippen LogP contribution in [0.2, 0.25) is 0 Å². The van der Waals surface area contributed by atoms with Crippen molar-refractivity contribution in [3.8, 4) is 0 Å². The standard InChI is InChI=1S/C20H24N2O6/c1-5-20(4,6-2)28-19(27)13-11(3)22-16(18(25)26)15(17(23)24)14(13)12-9-7-8-10-21-12/h7-10,14,22H,5-6H2,1-4H3,(H,23,24)(H,25,26). The molecular weight excluding hydrogens is 364 g/mol. The number of carbonyl (C=O) groups excluding carboxylic acids is 1. The summed E-state index contributed by atoms with van der Waals surface area (Å²) in [6.45, 7) is 7.09. The summed E-state index contributed by atoms with van der Waals surface area (Å²) in [6, 6.07) is 4.84. The van der Waals surface area contributed by atoms with Gasteiger partial charge in [-0.2, -0.15) is 0 Å². The van der Waals surface area contributed by atoms with Gasteiger partial charge in [-0.3, -0.25) is 4.98 Å². The van der Waals surface area contributed by atoms with Crippen LogP contribution in [0.3, 0.4) is 0 Å². The highest BCUT2D eigenvalue weighted by Gasteiger charge is 2.42. The molecule has 0 aliphatic carbocycles. The van der Waals surface area contributed by atoms with Crippen molar-refractivity contribution in [3.05, 3.63) is 52.6 Å². The lowest BCUT2D eigenvalue weighted by atomic mass is 9.82. The van der Waals surface area contributed by atoms with Crippen molar-refractivity contribution in [2.24, 2.45) is 0 Å². The maximum absolute atomic E-state index is 13.1. The van der Waals surface area contributed by atoms with E-state index in [0.717, 1.165) is 0 Å². The third kappa shape index (κ3) is 4.05. The first-order valence-electron chi connectivity index (χ1n) is 8.98. The number of hydrogen-bond donors (Lipinski definition) is 3. The first-order chi connectivity index (χ1) is 13.1. The van der Waals surface area contributed by atoms with Gasteiger partial charge in [0.15, 0.2) is 0 Å². The Balaban J connectivity index is 2.66. The van der Waals surface area contributed by atoms with Gasteiger partial charge in [-0.05, 0) is 38.8 Å². The second-order valence-corrected chi connectivity index (χ2v) is 6.80. The molecule has 2 heterocycles. The van der Waals surface area contributed by atoms with E-state index in [4.69, 9.17) is 4.74 Å². The molecule has 0 saturated carbocycles. The van der Waals surface area contributed by atoms with Crippen LogP contribution in [0.15, 0.2) is 46.9 Å². The van der Waals surface area contributed by atoms with E-state index in [9.17, 15) is 24.6 Å². The van der Waals surface area contributed by atoms with Crippen molar-refractivity contribution < 1.29 is 29.3 Å². The highest BCUT2D eigenvalue weighted by atomic mass is 16.6. The van der Waals surface area contributed by atoms with Gasteiger partial charge in [0, 0.05) is 11.9 Å². The molecule has 8 nitrogen and oxygen atoms in total. The van der Waals surface area contributed by atoms with Gasteiger partial charge in [0.1, 0.15) is 11.3 Å². The van der Waals surface area contributed by atoms with E-state index in [1.807, 2.05) is 13.8 Å². The molecule has 1 aromatic heterocycles. The lowest BCUT2D eigenvalue weighted by Gasteiger charge is -2.32. The van der Waals surface area contributed by atoms with Crippen LogP contribution < -0.4 is 5.32 Å². The number of hydrogen-bond acceptors (Lipinski definition) is 6. The van der Waals surface area contributed by atoms with E-state index < -0.39 is 40.7 Å². The molecule has 150 valence electrons. The van der Waals surface area contributed by atoms with Crippen LogP contribution in [0.4, 0.5) is 0 Å². The zero-order chi connectivity index (χ0) is 21.1. The molecule has 1 aliphatic heterocycles. The number of dihydropyridines is 1. The summed E-state index contributed by atoms with van der Waals surface area (Å²) in [6.07, 6.45) is 2.61. The lowest BCUT2D eigenvalue weighted by molar-refractivity contribution is -0.154. The highest BCUT2D eigenvalue weighted by molar-refractivity contribution is 6.04. The maximum atomic E-state index is 13.1. The van der Waals surface area contributed by atoms with Gasteiger partial charge < -0.3 is 20.3 Å². The number of carbonyl (C=O) groups is 3. The number of pyridine rings is 1. The molecule has 8 heteroatoms. The van der Waals surface area contributed by atoms with Gasteiger partial charge in [0.05, 0.1) is 22.8 Å². The molecule has 0 aromatic carbocycles. The first kappa shape index (κ1) is 21.1. The third-order valence-electron chi connectivity index (χ3n) is 5.05. The Bertz CT molecular complexity index is 853. The quantitative estimate of drug-likeness (QED) is 0.609. The molecule has 0 fully saturated rings. The second kappa shape index (κ2) is 8.24. The molecule has 1 unspecified atom stereocenters. The molecular formula is C20H24N2O6. The van der Waals surface area contributed by atoms with Gasteiger partial charge in [0.25, 0.3) is 0 Å². The zero-order valence-electron chi connectivity index (χ0n) is 16.3. The third-order valence-corrected chi connectivity index (χ3v) is 5.05. The van der Waals surface area contributed by atoms with Crippen LogP contribution in [0.25, 0.3) is 0 Å². The molecule has 1 aliphatic rings. The predicted molar refractivity (Wildman–Crippen MR) is 100 cm³/mol. The molecule has 1 atom stereocenters. The van der Waals surface area contributed by atoms with E-state index in [1.54, 1.807) is 25.1 Å². The minimum Gasteiger partial charge on any atom is -0.478 e. The van der Waals surface area contributed by atoms with Crippen LogP contribution in [0.5, 0.6) is 0 Å². The molecule has 2 rings (SSSR count). The Morgan fingerprint density at radius 3 is 2.25 bits per heavy atom. The zero-order valence-corrected chi connectivity index (χ0v) is 16.3. The minimum absolute atomic E-state index is 0.0363. The molecule has 0 bridgehead atoms. The highest BCUT2D eigenvalue weighted by Crippen LogP contribution is 2.39. The molecule has 28 heavy (non-hydrogen) atoms. The average Bonchev–Trinajstić information content (AvgIpc) is 2.67. The summed E-state index contributed by atoms with van der Waals surface area (Å²) in [4.78, 5) is 40.8. The number of aromatic nitrogens is 1. The van der Waals surface area contributed by atoms with Crippen LogP contribution in [0.1, 0.15) is 52.1 Å². The number of aliphatic carboxylic acids is 2. The largest absolute Gasteiger partial charge is 0.478 e. The number of esters is 1. The molecule has 0 spiro atoms. The summed E-state index contributed by atoms with van der Waals surface area (Å²) in [5.74, 6) is -4.75. The van der Waals surface area contributed by atoms with Gasteiger partial charge in [-0.15, -0.1) is 0 Å². The van der Waals surface area contributed by atoms with Crippen molar-refractivity contribution in [1.82, 2.24) is 10.3 Å². The Morgan fingerprint density at radius 2 is 1.79 bits per heavy atom. The summed E-state index contributed by atoms with van der Waals surface area (Å²) < 4.78 is 5.69. The number of allylic oxidation sites excluding steroid dienone is 1. The van der Waals surface area contributed by atoms with Gasteiger partial charge >= 0.3 is 17.9 Å². The molecule has 0 radical (unpaired) electrons. The topological polar surface area (TPSA) is 126 Å². The van der Waals surface area contributed by atoms with Crippen LogP contribution in [-0.2, 0) is 19.1 Å². The smallest absolute Gasteiger partial charge is 0.352 e. The van der Waals surface area contributed by atoms with E-state index in [2.05, 4.69) is 10.3 Å². The predicted octanol–water partition coefficient (Wildman–Crippen LogP) is 2.59. The van der Waals surface area contributed by atoms with Crippen LogP contribution in [-0.4, -0.2) is 38.7 Å². The SMILES string of the molecule is CCC(C)(CC)OC(=O)C1=C(C)NC(C(=O)O)=C(C(=O)O)C1c1ccccn1. The van der Waals surface area contributed by atoms with Crippen molar-refractivity contribution in [3.63, 3.8) is 0 Å². The fourth-order valence-corrected chi connectivity index (χ4v) is 3.01. The van der Waals surface area contributed by atoms with Crippen molar-refractivity contribution in [2.75, 3.05) is 0 Å². The first-order valence-corrected chi connectivity index (χ1v) is 8.98. The molecule has 3 N–H and O–H groups in total. The maximum Gasteiger partial charge on any atom is 0.352 e. The number of carboxylic acids is 2. The van der Waals surface area contributed by atoms with Crippen LogP contribution in [0, 0.1) is 0 Å².